The molecule has 0 saturated carbocycles. The van der Waals surface area contributed by atoms with Gasteiger partial charge in [-0.1, -0.05) is 65.8 Å². The maximum atomic E-state index is 9.47. The highest BCUT2D eigenvalue weighted by molar-refractivity contribution is 7.13. The topological polar surface area (TPSA) is 62.7 Å². The predicted molar refractivity (Wildman–Crippen MR) is 103 cm³/mol. The Morgan fingerprint density at radius 2 is 1.73 bits per heavy atom. The van der Waals surface area contributed by atoms with Gasteiger partial charge in [0.1, 0.15) is 11.6 Å². The number of nitrogens with zero attached hydrogens (tertiary/aromatic N) is 3. The summed E-state index contributed by atoms with van der Waals surface area (Å²) < 4.78 is 5.26. The molecule has 4 nitrogen and oxygen atoms in total. The number of thiophene rings is 1. The number of hydrogen-bond acceptors (Lipinski definition) is 5. The number of nitriles is 1. The van der Waals surface area contributed by atoms with Crippen molar-refractivity contribution in [2.45, 2.75) is 0 Å². The second kappa shape index (κ2) is 7.18. The third-order valence-corrected chi connectivity index (χ3v) is 4.71. The van der Waals surface area contributed by atoms with E-state index < -0.39 is 0 Å². The van der Waals surface area contributed by atoms with Crippen LogP contribution in [-0.4, -0.2) is 10.1 Å². The Kier molecular flexibility index (Phi) is 4.42. The Hall–Kier alpha value is -3.49. The highest BCUT2D eigenvalue weighted by Gasteiger charge is 2.13. The minimum Gasteiger partial charge on any atom is -0.333 e. The van der Waals surface area contributed by atoms with Crippen LogP contribution in [0.15, 0.2) is 76.6 Å². The minimum atomic E-state index is 0.225. The molecular formula is C21H13N3OS. The molecule has 0 unspecified atom stereocenters. The van der Waals surface area contributed by atoms with Crippen LogP contribution in [0.3, 0.4) is 0 Å². The summed E-state index contributed by atoms with van der Waals surface area (Å²) in [6.07, 6.45) is 1.75. The van der Waals surface area contributed by atoms with Gasteiger partial charge in [-0.05, 0) is 34.2 Å². The van der Waals surface area contributed by atoms with E-state index >= 15 is 0 Å². The van der Waals surface area contributed by atoms with Gasteiger partial charge in [-0.25, -0.2) is 0 Å². The molecule has 2 heterocycles. The highest BCUT2D eigenvalue weighted by Crippen LogP contribution is 2.25. The second-order valence-corrected chi connectivity index (χ2v) is 6.51. The average Bonchev–Trinajstić information content (AvgIpc) is 3.39. The van der Waals surface area contributed by atoms with E-state index in [2.05, 4.69) is 28.3 Å². The molecule has 0 aliphatic rings. The molecule has 4 rings (SSSR count). The maximum absolute atomic E-state index is 9.47. The van der Waals surface area contributed by atoms with Crippen LogP contribution >= 0.6 is 11.3 Å². The van der Waals surface area contributed by atoms with E-state index in [4.69, 9.17) is 4.52 Å². The molecule has 0 fully saturated rings. The molecule has 0 amide bonds. The monoisotopic (exact) mass is 355 g/mol. The van der Waals surface area contributed by atoms with Crippen molar-refractivity contribution in [1.29, 1.82) is 5.26 Å². The van der Waals surface area contributed by atoms with Crippen LogP contribution < -0.4 is 0 Å². The third kappa shape index (κ3) is 3.32. The first-order chi connectivity index (χ1) is 12.8. The first-order valence-corrected chi connectivity index (χ1v) is 8.87. The van der Waals surface area contributed by atoms with E-state index in [0.29, 0.717) is 11.4 Å². The van der Waals surface area contributed by atoms with Crippen LogP contribution in [0.4, 0.5) is 0 Å². The molecule has 0 spiro atoms. The number of benzene rings is 2. The Morgan fingerprint density at radius 3 is 2.42 bits per heavy atom. The molecule has 0 saturated heterocycles. The molecule has 2 aromatic carbocycles. The minimum absolute atomic E-state index is 0.225. The highest BCUT2D eigenvalue weighted by atomic mass is 32.1. The van der Waals surface area contributed by atoms with Crippen molar-refractivity contribution in [3.05, 3.63) is 83.6 Å². The van der Waals surface area contributed by atoms with Gasteiger partial charge in [0.15, 0.2) is 0 Å². The zero-order valence-electron chi connectivity index (χ0n) is 13.7. The van der Waals surface area contributed by atoms with E-state index in [1.807, 2.05) is 60.0 Å². The largest absolute Gasteiger partial charge is 0.333 e. The molecule has 0 atom stereocenters. The zero-order valence-corrected chi connectivity index (χ0v) is 14.5. The lowest BCUT2D eigenvalue weighted by Gasteiger charge is -2.02. The van der Waals surface area contributed by atoms with Crippen LogP contribution in [-0.2, 0) is 0 Å². The van der Waals surface area contributed by atoms with E-state index in [1.165, 1.54) is 11.3 Å². The number of allylic oxidation sites excluding steroid dienone is 1. The SMILES string of the molecule is N#C/C(=C\c1ccc(-c2ccccc2)cc1)c1nc(-c2cccs2)no1. The molecule has 0 bridgehead atoms. The van der Waals surface area contributed by atoms with Crippen LogP contribution in [0, 0.1) is 11.3 Å². The van der Waals surface area contributed by atoms with Gasteiger partial charge in [0.05, 0.1) is 4.88 Å². The normalized spacial score (nSPS) is 11.3. The fourth-order valence-corrected chi connectivity index (χ4v) is 3.20. The van der Waals surface area contributed by atoms with Gasteiger partial charge in [0, 0.05) is 0 Å². The first kappa shape index (κ1) is 16.0. The van der Waals surface area contributed by atoms with Crippen LogP contribution in [0.2, 0.25) is 0 Å². The van der Waals surface area contributed by atoms with E-state index in [1.54, 1.807) is 6.08 Å². The Bertz CT molecular complexity index is 1070. The summed E-state index contributed by atoms with van der Waals surface area (Å²) >= 11 is 1.52. The molecule has 4 aromatic rings. The van der Waals surface area contributed by atoms with Crippen molar-refractivity contribution in [3.8, 4) is 27.9 Å². The van der Waals surface area contributed by atoms with Crippen LogP contribution in [0.25, 0.3) is 33.5 Å². The van der Waals surface area contributed by atoms with E-state index in [9.17, 15) is 5.26 Å². The molecule has 5 heteroatoms. The molecule has 124 valence electrons. The third-order valence-electron chi connectivity index (χ3n) is 3.85. The lowest BCUT2D eigenvalue weighted by Crippen LogP contribution is -1.83. The molecule has 26 heavy (non-hydrogen) atoms. The fourth-order valence-electron chi connectivity index (χ4n) is 2.55. The van der Waals surface area contributed by atoms with Gasteiger partial charge in [-0.15, -0.1) is 11.3 Å². The Labute approximate surface area is 154 Å². The van der Waals surface area contributed by atoms with Gasteiger partial charge >= 0.3 is 0 Å². The van der Waals surface area contributed by atoms with E-state index in [-0.39, 0.29) is 5.89 Å². The summed E-state index contributed by atoms with van der Waals surface area (Å²) in [6, 6.07) is 24.1. The van der Waals surface area contributed by atoms with Crippen LogP contribution in [0.1, 0.15) is 11.5 Å². The molecular weight excluding hydrogens is 342 g/mol. The Balaban J connectivity index is 1.61. The maximum Gasteiger partial charge on any atom is 0.268 e. The molecule has 2 aromatic heterocycles. The summed E-state index contributed by atoms with van der Waals surface area (Å²) in [4.78, 5) is 5.23. The number of aromatic nitrogens is 2. The predicted octanol–water partition coefficient (Wildman–Crippen LogP) is 5.53. The number of hydrogen-bond donors (Lipinski definition) is 0. The van der Waals surface area contributed by atoms with Gasteiger partial charge < -0.3 is 4.52 Å². The van der Waals surface area contributed by atoms with Crippen LogP contribution in [0.5, 0.6) is 0 Å². The van der Waals surface area contributed by atoms with Crippen molar-refractivity contribution < 1.29 is 4.52 Å². The van der Waals surface area contributed by atoms with Gasteiger partial charge in [-0.3, -0.25) is 0 Å². The average molecular weight is 355 g/mol. The van der Waals surface area contributed by atoms with Crippen molar-refractivity contribution in [2.75, 3.05) is 0 Å². The molecule has 0 N–H and O–H groups in total. The fraction of sp³-hybridized carbons (Fsp3) is 0. The van der Waals surface area contributed by atoms with Gasteiger partial charge in [0.2, 0.25) is 5.82 Å². The first-order valence-electron chi connectivity index (χ1n) is 7.99. The molecule has 0 aliphatic carbocycles. The zero-order chi connectivity index (χ0) is 17.8. The standard InChI is InChI=1S/C21H13N3OS/c22-14-18(21-23-20(24-25-21)19-7-4-12-26-19)13-15-8-10-17(11-9-15)16-5-2-1-3-6-16/h1-13H/b18-13+. The summed E-state index contributed by atoms with van der Waals surface area (Å²) in [5.41, 5.74) is 3.52. The van der Waals surface area contributed by atoms with Crippen molar-refractivity contribution in [2.24, 2.45) is 0 Å². The summed E-state index contributed by atoms with van der Waals surface area (Å²) in [7, 11) is 0. The van der Waals surface area contributed by atoms with Crippen molar-refractivity contribution >= 4 is 23.0 Å². The smallest absolute Gasteiger partial charge is 0.268 e. The molecule has 0 radical (unpaired) electrons. The second-order valence-electron chi connectivity index (χ2n) is 5.56. The summed E-state index contributed by atoms with van der Waals surface area (Å²) in [5.74, 6) is 0.721. The van der Waals surface area contributed by atoms with Crippen molar-refractivity contribution in [3.63, 3.8) is 0 Å². The lowest BCUT2D eigenvalue weighted by molar-refractivity contribution is 0.409. The van der Waals surface area contributed by atoms with Gasteiger partial charge in [-0.2, -0.15) is 10.2 Å². The lowest BCUT2D eigenvalue weighted by atomic mass is 10.0. The quantitative estimate of drug-likeness (QED) is 0.452. The van der Waals surface area contributed by atoms with E-state index in [0.717, 1.165) is 21.6 Å². The molecule has 0 aliphatic heterocycles. The van der Waals surface area contributed by atoms with Crippen molar-refractivity contribution in [1.82, 2.24) is 10.1 Å². The summed E-state index contributed by atoms with van der Waals surface area (Å²) in [6.45, 7) is 0. The summed E-state index contributed by atoms with van der Waals surface area (Å²) in [5, 5.41) is 15.4. The Morgan fingerprint density at radius 1 is 0.962 bits per heavy atom. The van der Waals surface area contributed by atoms with Gasteiger partial charge in [0.25, 0.3) is 5.89 Å². The number of rotatable bonds is 4.